The summed E-state index contributed by atoms with van der Waals surface area (Å²) in [5.74, 6) is -0.784. The first-order valence-corrected chi connectivity index (χ1v) is 20.7. The summed E-state index contributed by atoms with van der Waals surface area (Å²) in [6, 6.07) is 20.7. The highest BCUT2D eigenvalue weighted by molar-refractivity contribution is 6.71. The van der Waals surface area contributed by atoms with Crippen molar-refractivity contribution in [1.82, 2.24) is 4.90 Å². The summed E-state index contributed by atoms with van der Waals surface area (Å²) in [6.07, 6.45) is 2.18. The zero-order chi connectivity index (χ0) is 34.7. The van der Waals surface area contributed by atoms with Crippen LogP contribution in [-0.4, -0.2) is 66.1 Å². The van der Waals surface area contributed by atoms with Crippen molar-refractivity contribution in [2.45, 2.75) is 88.5 Å². The Kier molecular flexibility index (Phi) is 8.98. The van der Waals surface area contributed by atoms with Crippen LogP contribution < -0.4 is 9.80 Å². The summed E-state index contributed by atoms with van der Waals surface area (Å²) in [6.45, 7) is 6.76. The molecule has 1 spiro atoms. The maximum absolute atomic E-state index is 14.9. The lowest BCUT2D eigenvalue weighted by molar-refractivity contribution is -0.151. The van der Waals surface area contributed by atoms with Gasteiger partial charge in [-0.2, -0.15) is 0 Å². The van der Waals surface area contributed by atoms with E-state index in [2.05, 4.69) is 0 Å². The van der Waals surface area contributed by atoms with Crippen molar-refractivity contribution in [3.05, 3.63) is 94.0 Å². The Morgan fingerprint density at radius 3 is 2.55 bits per heavy atom. The molecule has 258 valence electrons. The topological polar surface area (TPSA) is 111 Å². The van der Waals surface area contributed by atoms with Crippen molar-refractivity contribution in [2.24, 2.45) is 5.92 Å². The van der Waals surface area contributed by atoms with Gasteiger partial charge in [-0.25, -0.2) is 0 Å². The van der Waals surface area contributed by atoms with Crippen molar-refractivity contribution in [3.63, 3.8) is 0 Å². The van der Waals surface area contributed by atoms with E-state index >= 15 is 0 Å². The largest absolute Gasteiger partial charge is 0.432 e. The molecule has 3 aromatic carbocycles. The molecule has 2 saturated heterocycles. The molecule has 0 bridgehead atoms. The molecule has 49 heavy (non-hydrogen) atoms. The standard InChI is InChI=1S/C38H44ClN3O6Si/c1-24-36(49(2,3)47)33(20-35(45)41-22-27-11-5-4-10-26(27)18-30(41)23-43)48-38(24)31-19-28(39)14-15-32(31)42(37(38)46)21-25-9-8-12-29(17-25)40-16-7-6-13-34(40)44/h4-5,8-12,14-15,17,19,24,30,33,36,43,47H,6-7,13,16,18,20-23H2,1-3H3/t24-,30-,33+,36-,38+/m0/s1. The van der Waals surface area contributed by atoms with Gasteiger partial charge >= 0.3 is 0 Å². The van der Waals surface area contributed by atoms with Crippen LogP contribution in [0.3, 0.4) is 0 Å². The van der Waals surface area contributed by atoms with Gasteiger partial charge in [0.15, 0.2) is 13.9 Å². The zero-order valence-corrected chi connectivity index (χ0v) is 30.0. The van der Waals surface area contributed by atoms with Gasteiger partial charge in [-0.3, -0.25) is 14.4 Å². The molecule has 0 radical (unpaired) electrons. The number of fused-ring (bicyclic) bond motifs is 3. The van der Waals surface area contributed by atoms with Crippen LogP contribution in [0.2, 0.25) is 23.7 Å². The number of aliphatic hydroxyl groups is 1. The van der Waals surface area contributed by atoms with E-state index in [-0.39, 0.29) is 43.3 Å². The van der Waals surface area contributed by atoms with Crippen molar-refractivity contribution < 1.29 is 29.0 Å². The van der Waals surface area contributed by atoms with Crippen molar-refractivity contribution in [2.75, 3.05) is 23.0 Å². The number of hydrogen-bond acceptors (Lipinski definition) is 6. The third kappa shape index (κ3) is 5.91. The minimum atomic E-state index is -3.02. The summed E-state index contributed by atoms with van der Waals surface area (Å²) >= 11 is 6.58. The number of rotatable bonds is 7. The molecule has 4 heterocycles. The summed E-state index contributed by atoms with van der Waals surface area (Å²) < 4.78 is 6.92. The molecule has 5 atom stereocenters. The number of aliphatic hydroxyl groups excluding tert-OH is 1. The fraction of sp³-hybridized carbons (Fsp3) is 0.447. The van der Waals surface area contributed by atoms with Crippen LogP contribution in [0.25, 0.3) is 0 Å². The molecule has 3 aromatic rings. The van der Waals surface area contributed by atoms with Crippen LogP contribution >= 0.6 is 11.6 Å². The SMILES string of the molecule is C[C@H]1[C@H]([Si](C)(C)O)[C@@H](CC(=O)N2Cc3ccccc3C[C@H]2CO)O[C@]12C(=O)N(Cc1cccc(N3CCCCC3=O)c1)c1ccc(Cl)cc12. The molecule has 0 aromatic heterocycles. The highest BCUT2D eigenvalue weighted by Gasteiger charge is 2.66. The van der Waals surface area contributed by atoms with E-state index in [1.807, 2.05) is 79.5 Å². The van der Waals surface area contributed by atoms with Gasteiger partial charge in [-0.05, 0) is 79.4 Å². The van der Waals surface area contributed by atoms with Crippen LogP contribution in [-0.2, 0) is 44.2 Å². The van der Waals surface area contributed by atoms with Crippen LogP contribution in [0.5, 0.6) is 0 Å². The number of piperidine rings is 1. The van der Waals surface area contributed by atoms with Crippen LogP contribution in [0, 0.1) is 5.92 Å². The first-order chi connectivity index (χ1) is 23.4. The molecule has 0 aliphatic carbocycles. The number of benzene rings is 3. The minimum Gasteiger partial charge on any atom is -0.432 e. The quantitative estimate of drug-likeness (QED) is 0.313. The summed E-state index contributed by atoms with van der Waals surface area (Å²) in [5.41, 5.74) is 3.28. The predicted molar refractivity (Wildman–Crippen MR) is 191 cm³/mol. The zero-order valence-electron chi connectivity index (χ0n) is 28.3. The molecule has 0 saturated carbocycles. The van der Waals surface area contributed by atoms with Crippen LogP contribution in [0.15, 0.2) is 66.7 Å². The number of hydrogen-bond donors (Lipinski definition) is 2. The Labute approximate surface area is 293 Å². The fourth-order valence-electron chi connectivity index (χ4n) is 8.82. The first-order valence-electron chi connectivity index (χ1n) is 17.3. The Balaban J connectivity index is 1.21. The average Bonchev–Trinajstić information content (AvgIpc) is 3.50. The molecule has 11 heteroatoms. The number of carbonyl (C=O) groups is 3. The van der Waals surface area contributed by atoms with Crippen molar-refractivity contribution in [3.8, 4) is 0 Å². The lowest BCUT2D eigenvalue weighted by atomic mass is 9.82. The molecule has 4 aliphatic heterocycles. The second kappa shape index (κ2) is 13.0. The van der Waals surface area contributed by atoms with Crippen LogP contribution in [0.4, 0.5) is 11.4 Å². The normalized spacial score (nSPS) is 26.8. The monoisotopic (exact) mass is 701 g/mol. The second-order valence-electron chi connectivity index (χ2n) is 14.6. The summed E-state index contributed by atoms with van der Waals surface area (Å²) in [7, 11) is -3.02. The second-order valence-corrected chi connectivity index (χ2v) is 19.0. The number of halogens is 1. The highest BCUT2D eigenvalue weighted by atomic mass is 35.5. The van der Waals surface area contributed by atoms with Gasteiger partial charge in [0.2, 0.25) is 11.8 Å². The molecular formula is C38H44ClN3O6Si. The van der Waals surface area contributed by atoms with Gasteiger partial charge < -0.3 is 29.3 Å². The summed E-state index contributed by atoms with van der Waals surface area (Å²) in [5, 5.41) is 10.7. The Morgan fingerprint density at radius 2 is 1.82 bits per heavy atom. The molecular weight excluding hydrogens is 658 g/mol. The molecule has 2 N–H and O–H groups in total. The Bertz CT molecular complexity index is 1800. The molecule has 0 unspecified atom stereocenters. The highest BCUT2D eigenvalue weighted by Crippen LogP contribution is 2.60. The summed E-state index contributed by atoms with van der Waals surface area (Å²) in [4.78, 5) is 58.7. The van der Waals surface area contributed by atoms with Gasteiger partial charge in [0, 0.05) is 47.2 Å². The van der Waals surface area contributed by atoms with Gasteiger partial charge in [0.25, 0.3) is 5.91 Å². The minimum absolute atomic E-state index is 0.0263. The molecule has 7 rings (SSSR count). The number of carbonyl (C=O) groups excluding carboxylic acids is 3. The van der Waals surface area contributed by atoms with E-state index in [1.165, 1.54) is 0 Å². The fourth-order valence-corrected chi connectivity index (χ4v) is 11.5. The number of nitrogens with zero attached hydrogens (tertiary/aromatic N) is 3. The lowest BCUT2D eigenvalue weighted by Crippen LogP contribution is -2.48. The molecule has 2 fully saturated rings. The van der Waals surface area contributed by atoms with Gasteiger partial charge in [-0.1, -0.05) is 54.9 Å². The van der Waals surface area contributed by atoms with Gasteiger partial charge in [-0.15, -0.1) is 0 Å². The Morgan fingerprint density at radius 1 is 1.04 bits per heavy atom. The number of amides is 3. The molecule has 4 aliphatic rings. The first kappa shape index (κ1) is 33.9. The van der Waals surface area contributed by atoms with E-state index in [1.54, 1.807) is 21.9 Å². The van der Waals surface area contributed by atoms with E-state index < -0.39 is 31.5 Å². The van der Waals surface area contributed by atoms with Gasteiger partial charge in [0.1, 0.15) is 0 Å². The Hall–Kier alpha value is -3.54. The molecule has 3 amide bonds. The predicted octanol–water partition coefficient (Wildman–Crippen LogP) is 5.54. The third-order valence-electron chi connectivity index (χ3n) is 11.1. The van der Waals surface area contributed by atoms with Crippen molar-refractivity contribution in [1.29, 1.82) is 0 Å². The van der Waals surface area contributed by atoms with E-state index in [0.29, 0.717) is 42.2 Å². The van der Waals surface area contributed by atoms with E-state index in [0.717, 1.165) is 35.2 Å². The molecule has 9 nitrogen and oxygen atoms in total. The lowest BCUT2D eigenvalue weighted by Gasteiger charge is -2.37. The van der Waals surface area contributed by atoms with Gasteiger partial charge in [0.05, 0.1) is 37.4 Å². The third-order valence-corrected chi connectivity index (χ3v) is 13.8. The maximum atomic E-state index is 14.9. The van der Waals surface area contributed by atoms with E-state index in [4.69, 9.17) is 16.3 Å². The number of anilines is 2. The number of ether oxygens (including phenoxy) is 1. The van der Waals surface area contributed by atoms with Crippen molar-refractivity contribution >= 4 is 49.0 Å². The van der Waals surface area contributed by atoms with E-state index in [9.17, 15) is 24.3 Å². The maximum Gasteiger partial charge on any atom is 0.264 e. The smallest absolute Gasteiger partial charge is 0.264 e. The van der Waals surface area contributed by atoms with Crippen LogP contribution in [0.1, 0.15) is 54.9 Å². The average molecular weight is 702 g/mol.